The Hall–Kier alpha value is -2.42. The first-order valence-corrected chi connectivity index (χ1v) is 8.25. The Labute approximate surface area is 148 Å². The summed E-state index contributed by atoms with van der Waals surface area (Å²) < 4.78 is 43.0. The van der Waals surface area contributed by atoms with Crippen LogP contribution in [0.2, 0.25) is 0 Å². The average Bonchev–Trinajstić information content (AvgIpc) is 3.06. The number of carbonyl (C=O) groups is 1. The molecule has 142 valence electrons. The van der Waals surface area contributed by atoms with Gasteiger partial charge in [0.25, 0.3) is 0 Å². The van der Waals surface area contributed by atoms with Crippen LogP contribution in [0.3, 0.4) is 0 Å². The molecule has 0 unspecified atom stereocenters. The third kappa shape index (κ3) is 5.55. The lowest BCUT2D eigenvalue weighted by Gasteiger charge is -2.10. The number of hydroxylamine groups is 1. The molecule has 0 aliphatic carbocycles. The molecule has 1 aromatic heterocycles. The maximum atomic E-state index is 12.6. The van der Waals surface area contributed by atoms with Crippen molar-refractivity contribution >= 4 is 5.91 Å². The van der Waals surface area contributed by atoms with Crippen LogP contribution in [0, 0.1) is 0 Å². The van der Waals surface area contributed by atoms with Gasteiger partial charge in [0.05, 0.1) is 5.56 Å². The summed E-state index contributed by atoms with van der Waals surface area (Å²) in [5.74, 6) is -0.265. The van der Waals surface area contributed by atoms with E-state index in [1.807, 2.05) is 6.92 Å². The van der Waals surface area contributed by atoms with Gasteiger partial charge in [-0.15, -0.1) is 0 Å². The lowest BCUT2D eigenvalue weighted by atomic mass is 9.98. The van der Waals surface area contributed by atoms with Crippen LogP contribution in [0.1, 0.15) is 61.4 Å². The summed E-state index contributed by atoms with van der Waals surface area (Å²) in [5.41, 5.74) is 1.48. The minimum Gasteiger partial charge on any atom is -0.339 e. The second-order valence-corrected chi connectivity index (χ2v) is 6.00. The monoisotopic (exact) mass is 371 g/mol. The second kappa shape index (κ2) is 8.79. The van der Waals surface area contributed by atoms with Crippen molar-refractivity contribution in [3.05, 3.63) is 47.1 Å². The van der Waals surface area contributed by atoms with Crippen molar-refractivity contribution in [3.8, 4) is 0 Å². The zero-order valence-electron chi connectivity index (χ0n) is 14.2. The highest BCUT2D eigenvalue weighted by atomic mass is 19.4. The first-order chi connectivity index (χ1) is 12.3. The van der Waals surface area contributed by atoms with E-state index in [1.165, 1.54) is 12.1 Å². The quantitative estimate of drug-likeness (QED) is 0.544. The number of benzene rings is 1. The summed E-state index contributed by atoms with van der Waals surface area (Å²) in [6.07, 6.45) is -1.74. The predicted molar refractivity (Wildman–Crippen MR) is 85.4 cm³/mol. The molecule has 6 nitrogen and oxygen atoms in total. The maximum absolute atomic E-state index is 12.6. The van der Waals surface area contributed by atoms with Gasteiger partial charge in [0.1, 0.15) is 0 Å². The normalized spacial score (nSPS) is 12.8. The topological polar surface area (TPSA) is 88.2 Å². The van der Waals surface area contributed by atoms with Gasteiger partial charge in [-0.3, -0.25) is 10.0 Å². The molecule has 1 aromatic carbocycles. The molecule has 2 rings (SSSR count). The first kappa shape index (κ1) is 19.9. The fourth-order valence-corrected chi connectivity index (χ4v) is 2.53. The number of aromatic nitrogens is 2. The molecule has 0 radical (unpaired) electrons. The molecule has 0 spiro atoms. The average molecular weight is 371 g/mol. The molecule has 0 saturated carbocycles. The Morgan fingerprint density at radius 3 is 2.58 bits per heavy atom. The van der Waals surface area contributed by atoms with Crippen LogP contribution >= 0.6 is 0 Å². The van der Waals surface area contributed by atoms with Gasteiger partial charge >= 0.3 is 6.18 Å². The van der Waals surface area contributed by atoms with Gasteiger partial charge in [0, 0.05) is 18.8 Å². The summed E-state index contributed by atoms with van der Waals surface area (Å²) in [6.45, 7) is 2.01. The van der Waals surface area contributed by atoms with Gasteiger partial charge in [0.2, 0.25) is 11.8 Å². The van der Waals surface area contributed by atoms with E-state index >= 15 is 0 Å². The van der Waals surface area contributed by atoms with E-state index < -0.39 is 17.6 Å². The Kier molecular flexibility index (Phi) is 6.73. The van der Waals surface area contributed by atoms with Crippen LogP contribution in [-0.2, 0) is 17.4 Å². The van der Waals surface area contributed by atoms with Crippen LogP contribution in [0.25, 0.3) is 0 Å². The van der Waals surface area contributed by atoms with Gasteiger partial charge in [-0.1, -0.05) is 37.1 Å². The highest BCUT2D eigenvalue weighted by Gasteiger charge is 2.30. The number of hydrogen-bond donors (Lipinski definition) is 2. The fraction of sp³-hybridized carbons (Fsp3) is 0.471. The molecule has 1 atom stereocenters. The number of halogens is 3. The molecule has 9 heteroatoms. The van der Waals surface area contributed by atoms with E-state index in [0.29, 0.717) is 17.8 Å². The van der Waals surface area contributed by atoms with Crippen LogP contribution in [0.15, 0.2) is 28.8 Å². The summed E-state index contributed by atoms with van der Waals surface area (Å²) in [6, 6.07) is 4.75. The molecule has 2 aromatic rings. The Balaban J connectivity index is 2.08. The predicted octanol–water partition coefficient (Wildman–Crippen LogP) is 3.85. The Bertz CT molecular complexity index is 714. The molecule has 26 heavy (non-hydrogen) atoms. The molecule has 0 fully saturated rings. The van der Waals surface area contributed by atoms with Crippen LogP contribution in [0.5, 0.6) is 0 Å². The van der Waals surface area contributed by atoms with Crippen LogP contribution in [0.4, 0.5) is 13.2 Å². The van der Waals surface area contributed by atoms with Gasteiger partial charge < -0.3 is 4.52 Å². The lowest BCUT2D eigenvalue weighted by molar-refractivity contribution is -0.137. The third-order valence-corrected chi connectivity index (χ3v) is 3.94. The molecular formula is C17H20F3N3O3. The zero-order chi connectivity index (χ0) is 19.2. The number of unbranched alkanes of at least 4 members (excludes halogenated alkanes) is 1. The molecule has 0 aliphatic heterocycles. The standard InChI is InChI=1S/C17H20F3N3O3/c1-2-3-4-12(10-15(24)22-25)16-21-14(23-26-16)9-11-5-7-13(8-6-11)17(18,19)20/h5-8,12,25H,2-4,9-10H2,1H3,(H,22,24)/t12-/m1/s1. The van der Waals surface area contributed by atoms with Crippen LogP contribution < -0.4 is 5.48 Å². The largest absolute Gasteiger partial charge is 0.416 e. The van der Waals surface area contributed by atoms with E-state index in [9.17, 15) is 18.0 Å². The minimum atomic E-state index is -4.38. The van der Waals surface area contributed by atoms with Gasteiger partial charge in [-0.05, 0) is 24.1 Å². The zero-order valence-corrected chi connectivity index (χ0v) is 14.2. The molecule has 0 saturated heterocycles. The fourth-order valence-electron chi connectivity index (χ4n) is 2.53. The van der Waals surface area contributed by atoms with E-state index in [4.69, 9.17) is 9.73 Å². The number of carbonyl (C=O) groups excluding carboxylic acids is 1. The molecule has 1 amide bonds. The van der Waals surface area contributed by atoms with Crippen molar-refractivity contribution in [1.82, 2.24) is 15.6 Å². The van der Waals surface area contributed by atoms with Crippen LogP contribution in [-0.4, -0.2) is 21.3 Å². The van der Waals surface area contributed by atoms with Gasteiger partial charge in [-0.25, -0.2) is 5.48 Å². The highest BCUT2D eigenvalue weighted by molar-refractivity contribution is 5.75. The van der Waals surface area contributed by atoms with E-state index in [-0.39, 0.29) is 24.7 Å². The Morgan fingerprint density at radius 2 is 2.00 bits per heavy atom. The molecular weight excluding hydrogens is 351 g/mol. The number of hydrogen-bond acceptors (Lipinski definition) is 5. The SMILES string of the molecule is CCCC[C@H](CC(=O)NO)c1nc(Cc2ccc(C(F)(F)F)cc2)no1. The van der Waals surface area contributed by atoms with Gasteiger partial charge in [0.15, 0.2) is 5.82 Å². The maximum Gasteiger partial charge on any atom is 0.416 e. The van der Waals surface area contributed by atoms with E-state index in [0.717, 1.165) is 25.0 Å². The summed E-state index contributed by atoms with van der Waals surface area (Å²) in [4.78, 5) is 15.7. The minimum absolute atomic E-state index is 0.0123. The third-order valence-electron chi connectivity index (χ3n) is 3.94. The highest BCUT2D eigenvalue weighted by Crippen LogP contribution is 2.29. The molecule has 0 aliphatic rings. The van der Waals surface area contributed by atoms with Crippen molar-refractivity contribution in [2.45, 2.75) is 51.1 Å². The number of nitrogens with one attached hydrogen (secondary N) is 1. The van der Waals surface area contributed by atoms with Crippen molar-refractivity contribution in [3.63, 3.8) is 0 Å². The smallest absolute Gasteiger partial charge is 0.339 e. The number of alkyl halides is 3. The first-order valence-electron chi connectivity index (χ1n) is 8.25. The molecule has 1 heterocycles. The summed E-state index contributed by atoms with van der Waals surface area (Å²) in [7, 11) is 0. The summed E-state index contributed by atoms with van der Waals surface area (Å²) in [5, 5.41) is 12.5. The van der Waals surface area contributed by atoms with E-state index in [2.05, 4.69) is 10.1 Å². The van der Waals surface area contributed by atoms with Crippen molar-refractivity contribution in [2.24, 2.45) is 0 Å². The Morgan fingerprint density at radius 1 is 1.31 bits per heavy atom. The molecule has 0 bridgehead atoms. The summed E-state index contributed by atoms with van der Waals surface area (Å²) >= 11 is 0. The number of rotatable bonds is 8. The van der Waals surface area contributed by atoms with Crippen molar-refractivity contribution in [1.29, 1.82) is 0 Å². The van der Waals surface area contributed by atoms with Crippen molar-refractivity contribution < 1.29 is 27.7 Å². The number of nitrogens with zero attached hydrogens (tertiary/aromatic N) is 2. The van der Waals surface area contributed by atoms with E-state index in [1.54, 1.807) is 5.48 Å². The number of amides is 1. The molecule has 2 N–H and O–H groups in total. The lowest BCUT2D eigenvalue weighted by Crippen LogP contribution is -2.21. The van der Waals surface area contributed by atoms with Crippen molar-refractivity contribution in [2.75, 3.05) is 0 Å². The second-order valence-electron chi connectivity index (χ2n) is 6.00. The van der Waals surface area contributed by atoms with Gasteiger partial charge in [-0.2, -0.15) is 18.2 Å².